The van der Waals surface area contributed by atoms with Crippen LogP contribution in [0.4, 0.5) is 0 Å². The monoisotopic (exact) mass is 308 g/mol. The molecule has 0 amide bonds. The molecule has 2 aromatic rings. The molecular weight excluding hydrogens is 296 g/mol. The van der Waals surface area contributed by atoms with Crippen LogP contribution in [-0.4, -0.2) is 11.5 Å². The van der Waals surface area contributed by atoms with E-state index in [0.29, 0.717) is 6.04 Å². The topological polar surface area (TPSA) is 24.9 Å². The van der Waals surface area contributed by atoms with Gasteiger partial charge < -0.3 is 5.32 Å². The fourth-order valence-corrected chi connectivity index (χ4v) is 3.25. The zero-order valence-electron chi connectivity index (χ0n) is 9.32. The second-order valence-electron chi connectivity index (χ2n) is 4.23. The Morgan fingerprint density at radius 2 is 2.12 bits per heavy atom. The van der Waals surface area contributed by atoms with Gasteiger partial charge in [-0.05, 0) is 31.5 Å². The molecule has 0 aliphatic carbocycles. The molecule has 17 heavy (non-hydrogen) atoms. The van der Waals surface area contributed by atoms with Gasteiger partial charge in [-0.25, -0.2) is 4.98 Å². The van der Waals surface area contributed by atoms with Crippen LogP contribution in [0, 0.1) is 0 Å². The molecule has 1 aliphatic heterocycles. The molecule has 1 aliphatic rings. The largest absolute Gasteiger partial charge is 0.309 e. The van der Waals surface area contributed by atoms with Gasteiger partial charge in [0.2, 0.25) is 0 Å². The zero-order chi connectivity index (χ0) is 11.7. The molecule has 1 saturated heterocycles. The van der Waals surface area contributed by atoms with E-state index < -0.39 is 0 Å². The van der Waals surface area contributed by atoms with Crippen LogP contribution in [0.2, 0.25) is 0 Å². The standard InChI is InChI=1S/C13H13BrN2S/c14-10-5-3-9(4-6-10)13-16-12(8-17-13)11-2-1-7-15-11/h3-6,8,11,15H,1-2,7H2/t11-/m0/s1. The second-order valence-corrected chi connectivity index (χ2v) is 6.01. The van der Waals surface area contributed by atoms with Crippen LogP contribution >= 0.6 is 27.3 Å². The van der Waals surface area contributed by atoms with Gasteiger partial charge in [0.1, 0.15) is 5.01 Å². The van der Waals surface area contributed by atoms with Crippen LogP contribution in [0.3, 0.4) is 0 Å². The fraction of sp³-hybridized carbons (Fsp3) is 0.308. The lowest BCUT2D eigenvalue weighted by atomic mass is 10.2. The molecule has 0 bridgehead atoms. The van der Waals surface area contributed by atoms with Gasteiger partial charge in [0.15, 0.2) is 0 Å². The van der Waals surface area contributed by atoms with Gasteiger partial charge in [0.05, 0.1) is 11.7 Å². The van der Waals surface area contributed by atoms with Gasteiger partial charge in [-0.1, -0.05) is 28.1 Å². The zero-order valence-corrected chi connectivity index (χ0v) is 11.7. The Balaban J connectivity index is 1.86. The van der Waals surface area contributed by atoms with Crippen LogP contribution in [0.25, 0.3) is 10.6 Å². The van der Waals surface area contributed by atoms with E-state index in [1.807, 2.05) is 0 Å². The normalized spacial score (nSPS) is 19.7. The van der Waals surface area contributed by atoms with Gasteiger partial charge in [-0.2, -0.15) is 0 Å². The van der Waals surface area contributed by atoms with E-state index in [9.17, 15) is 0 Å². The first-order chi connectivity index (χ1) is 8.33. The molecule has 3 rings (SSSR count). The van der Waals surface area contributed by atoms with Crippen molar-refractivity contribution in [1.29, 1.82) is 0 Å². The van der Waals surface area contributed by atoms with E-state index in [1.165, 1.54) is 24.1 Å². The first kappa shape index (κ1) is 11.4. The van der Waals surface area contributed by atoms with Crippen molar-refractivity contribution < 1.29 is 0 Å². The Morgan fingerprint density at radius 3 is 2.82 bits per heavy atom. The highest BCUT2D eigenvalue weighted by atomic mass is 79.9. The van der Waals surface area contributed by atoms with Crippen LogP contribution in [0.15, 0.2) is 34.1 Å². The number of benzene rings is 1. The maximum absolute atomic E-state index is 4.73. The maximum atomic E-state index is 4.73. The van der Waals surface area contributed by atoms with E-state index in [1.54, 1.807) is 11.3 Å². The number of hydrogen-bond acceptors (Lipinski definition) is 3. The van der Waals surface area contributed by atoms with Crippen molar-refractivity contribution in [1.82, 2.24) is 10.3 Å². The van der Waals surface area contributed by atoms with Crippen LogP contribution in [0.1, 0.15) is 24.6 Å². The summed E-state index contributed by atoms with van der Waals surface area (Å²) in [6, 6.07) is 8.80. The number of nitrogens with zero attached hydrogens (tertiary/aromatic N) is 1. The first-order valence-corrected chi connectivity index (χ1v) is 7.45. The SMILES string of the molecule is Brc1ccc(-c2nc([C@@H]3CCCN3)cs2)cc1. The van der Waals surface area contributed by atoms with Gasteiger partial charge in [-0.3, -0.25) is 0 Å². The smallest absolute Gasteiger partial charge is 0.123 e. The number of hydrogen-bond donors (Lipinski definition) is 1. The van der Waals surface area contributed by atoms with Crippen molar-refractivity contribution in [2.45, 2.75) is 18.9 Å². The van der Waals surface area contributed by atoms with Gasteiger partial charge in [0, 0.05) is 15.4 Å². The third kappa shape index (κ3) is 2.44. The van der Waals surface area contributed by atoms with Gasteiger partial charge in [-0.15, -0.1) is 11.3 Å². The number of rotatable bonds is 2. The highest BCUT2D eigenvalue weighted by Gasteiger charge is 2.19. The highest BCUT2D eigenvalue weighted by Crippen LogP contribution is 2.30. The van der Waals surface area contributed by atoms with Crippen molar-refractivity contribution in [3.63, 3.8) is 0 Å². The van der Waals surface area contributed by atoms with Crippen molar-refractivity contribution in [3.8, 4) is 10.6 Å². The summed E-state index contributed by atoms with van der Waals surface area (Å²) in [6.45, 7) is 1.12. The predicted molar refractivity (Wildman–Crippen MR) is 75.2 cm³/mol. The van der Waals surface area contributed by atoms with Crippen LogP contribution in [-0.2, 0) is 0 Å². The summed E-state index contributed by atoms with van der Waals surface area (Å²) in [7, 11) is 0. The summed E-state index contributed by atoms with van der Waals surface area (Å²) < 4.78 is 1.11. The van der Waals surface area contributed by atoms with E-state index in [-0.39, 0.29) is 0 Å². The molecular formula is C13H13BrN2S. The summed E-state index contributed by atoms with van der Waals surface area (Å²) in [4.78, 5) is 4.73. The fourth-order valence-electron chi connectivity index (χ4n) is 2.11. The first-order valence-electron chi connectivity index (χ1n) is 5.78. The minimum Gasteiger partial charge on any atom is -0.309 e. The number of aromatic nitrogens is 1. The average molecular weight is 309 g/mol. The molecule has 0 saturated carbocycles. The van der Waals surface area contributed by atoms with Crippen molar-refractivity contribution in [2.24, 2.45) is 0 Å². The quantitative estimate of drug-likeness (QED) is 0.907. The molecule has 88 valence electrons. The summed E-state index contributed by atoms with van der Waals surface area (Å²) in [5, 5.41) is 6.78. The summed E-state index contributed by atoms with van der Waals surface area (Å²) in [5.41, 5.74) is 2.40. The molecule has 1 N–H and O–H groups in total. The molecule has 1 fully saturated rings. The Morgan fingerprint density at radius 1 is 1.29 bits per heavy atom. The number of halogens is 1. The van der Waals surface area contributed by atoms with E-state index >= 15 is 0 Å². The van der Waals surface area contributed by atoms with Crippen molar-refractivity contribution in [3.05, 3.63) is 39.8 Å². The third-order valence-corrected chi connectivity index (χ3v) is 4.47. The number of nitrogens with one attached hydrogen (secondary N) is 1. The lowest BCUT2D eigenvalue weighted by Crippen LogP contribution is -2.12. The third-order valence-electron chi connectivity index (χ3n) is 3.03. The second kappa shape index (κ2) is 4.88. The Bertz CT molecular complexity index is 500. The summed E-state index contributed by atoms with van der Waals surface area (Å²) in [5.74, 6) is 0. The predicted octanol–water partition coefficient (Wildman–Crippen LogP) is 4.00. The molecule has 1 aromatic heterocycles. The average Bonchev–Trinajstić information content (AvgIpc) is 3.00. The molecule has 4 heteroatoms. The van der Waals surface area contributed by atoms with Crippen molar-refractivity contribution in [2.75, 3.05) is 6.54 Å². The number of thiazole rings is 1. The Labute approximate surface area is 113 Å². The lowest BCUT2D eigenvalue weighted by molar-refractivity contribution is 0.632. The van der Waals surface area contributed by atoms with E-state index in [2.05, 4.69) is 50.9 Å². The van der Waals surface area contributed by atoms with Crippen molar-refractivity contribution >= 4 is 27.3 Å². The maximum Gasteiger partial charge on any atom is 0.123 e. The van der Waals surface area contributed by atoms with E-state index in [0.717, 1.165) is 16.0 Å². The minimum absolute atomic E-state index is 0.468. The Kier molecular flexibility index (Phi) is 3.27. The molecule has 0 radical (unpaired) electrons. The van der Waals surface area contributed by atoms with Gasteiger partial charge >= 0.3 is 0 Å². The van der Waals surface area contributed by atoms with E-state index in [4.69, 9.17) is 4.98 Å². The minimum atomic E-state index is 0.468. The molecule has 0 unspecified atom stereocenters. The molecule has 2 nitrogen and oxygen atoms in total. The molecule has 1 aromatic carbocycles. The molecule has 2 heterocycles. The highest BCUT2D eigenvalue weighted by molar-refractivity contribution is 9.10. The Hall–Kier alpha value is -0.710. The van der Waals surface area contributed by atoms with Gasteiger partial charge in [0.25, 0.3) is 0 Å². The molecule has 1 atom stereocenters. The lowest BCUT2D eigenvalue weighted by Gasteiger charge is -2.05. The van der Waals surface area contributed by atoms with Crippen LogP contribution < -0.4 is 5.32 Å². The summed E-state index contributed by atoms with van der Waals surface area (Å²) in [6.07, 6.45) is 2.47. The van der Waals surface area contributed by atoms with Crippen LogP contribution in [0.5, 0.6) is 0 Å². The molecule has 0 spiro atoms. The summed E-state index contributed by atoms with van der Waals surface area (Å²) >= 11 is 5.18.